The molecule has 1 aromatic carbocycles. The molecule has 4 heterocycles. The van der Waals surface area contributed by atoms with Crippen molar-refractivity contribution in [2.45, 2.75) is 63.7 Å². The minimum Gasteiger partial charge on any atom is -0.406 e. The maximum Gasteiger partial charge on any atom is 0.573 e. The van der Waals surface area contributed by atoms with Crippen LogP contribution in [0.15, 0.2) is 36.5 Å². The van der Waals surface area contributed by atoms with Gasteiger partial charge in [0, 0.05) is 48.7 Å². The van der Waals surface area contributed by atoms with Crippen molar-refractivity contribution in [2.24, 2.45) is 5.41 Å². The van der Waals surface area contributed by atoms with Gasteiger partial charge in [-0.05, 0) is 62.4 Å². The van der Waals surface area contributed by atoms with Gasteiger partial charge in [-0.25, -0.2) is 4.39 Å². The minimum atomic E-state index is -4.94. The fourth-order valence-corrected chi connectivity index (χ4v) is 5.47. The summed E-state index contributed by atoms with van der Waals surface area (Å²) < 4.78 is 96.4. The van der Waals surface area contributed by atoms with Crippen molar-refractivity contribution in [2.75, 3.05) is 13.1 Å². The zero-order chi connectivity index (χ0) is 33.6. The predicted molar refractivity (Wildman–Crippen MR) is 148 cm³/mol. The maximum absolute atomic E-state index is 14.0. The lowest BCUT2D eigenvalue weighted by atomic mass is 9.93. The molecule has 1 aliphatic carbocycles. The molecule has 47 heavy (non-hydrogen) atoms. The second kappa shape index (κ2) is 12.1. The maximum atomic E-state index is 14.0. The van der Waals surface area contributed by atoms with Gasteiger partial charge >= 0.3 is 12.5 Å². The Hall–Kier alpha value is -4.77. The van der Waals surface area contributed by atoms with Crippen LogP contribution in [-0.4, -0.2) is 72.5 Å². The number of ether oxygens (including phenoxy) is 1. The molecular weight excluding hydrogens is 641 g/mol. The fraction of sp³-hybridized carbons (Fsp3) is 0.448. The first-order valence-electron chi connectivity index (χ1n) is 14.6. The van der Waals surface area contributed by atoms with Crippen molar-refractivity contribution in [3.63, 3.8) is 0 Å². The average Bonchev–Trinajstić information content (AvgIpc) is 3.51. The fourth-order valence-electron chi connectivity index (χ4n) is 5.47. The third kappa shape index (κ3) is 7.00. The van der Waals surface area contributed by atoms with Gasteiger partial charge in [-0.3, -0.25) is 14.3 Å². The first-order valence-corrected chi connectivity index (χ1v) is 14.6. The Bertz CT molecular complexity index is 1790. The van der Waals surface area contributed by atoms with Crippen LogP contribution < -0.4 is 10.1 Å². The van der Waals surface area contributed by atoms with Gasteiger partial charge in [-0.15, -0.1) is 23.4 Å². The Labute approximate surface area is 261 Å². The van der Waals surface area contributed by atoms with Crippen molar-refractivity contribution in [1.29, 1.82) is 0 Å². The molecule has 0 spiro atoms. The molecular formula is C29H27F7N8O3. The van der Waals surface area contributed by atoms with Gasteiger partial charge in [0.05, 0.1) is 11.9 Å². The summed E-state index contributed by atoms with van der Waals surface area (Å²) in [5.41, 5.74) is -0.415. The van der Waals surface area contributed by atoms with E-state index in [1.165, 1.54) is 15.8 Å². The molecule has 2 amide bonds. The number of likely N-dealkylation sites (tertiary alicyclic amines) is 1. The van der Waals surface area contributed by atoms with Gasteiger partial charge in [0.2, 0.25) is 5.91 Å². The summed E-state index contributed by atoms with van der Waals surface area (Å²) in [6.45, 7) is 0.440. The van der Waals surface area contributed by atoms with Crippen LogP contribution in [0.2, 0.25) is 0 Å². The highest BCUT2D eigenvalue weighted by Crippen LogP contribution is 2.59. The van der Waals surface area contributed by atoms with E-state index in [4.69, 9.17) is 0 Å². The number of aryl methyl sites for hydroxylation is 2. The Morgan fingerprint density at radius 2 is 1.79 bits per heavy atom. The largest absolute Gasteiger partial charge is 0.573 e. The molecule has 0 unspecified atom stereocenters. The Kier molecular flexibility index (Phi) is 8.29. The zero-order valence-corrected chi connectivity index (χ0v) is 24.5. The van der Waals surface area contributed by atoms with Gasteiger partial charge in [0.15, 0.2) is 11.3 Å². The molecule has 3 aromatic heterocycles. The smallest absolute Gasteiger partial charge is 0.406 e. The number of hydrogen-bond acceptors (Lipinski definition) is 7. The van der Waals surface area contributed by atoms with E-state index < -0.39 is 47.9 Å². The first-order chi connectivity index (χ1) is 22.2. The van der Waals surface area contributed by atoms with E-state index in [2.05, 4.69) is 35.5 Å². The first kappa shape index (κ1) is 32.2. The second-order valence-corrected chi connectivity index (χ2v) is 11.7. The van der Waals surface area contributed by atoms with Crippen LogP contribution in [0.3, 0.4) is 0 Å². The van der Waals surface area contributed by atoms with Crippen LogP contribution in [0.1, 0.15) is 59.0 Å². The van der Waals surface area contributed by atoms with Crippen molar-refractivity contribution in [3.8, 4) is 5.75 Å². The summed E-state index contributed by atoms with van der Waals surface area (Å²) >= 11 is 0. The number of halogens is 7. The number of alkyl halides is 6. The lowest BCUT2D eigenvalue weighted by molar-refractivity contribution is -0.274. The van der Waals surface area contributed by atoms with E-state index in [1.807, 2.05) is 12.1 Å². The number of hydrogen-bond donors (Lipinski definition) is 2. The Morgan fingerprint density at radius 1 is 1.02 bits per heavy atom. The van der Waals surface area contributed by atoms with Gasteiger partial charge in [0.1, 0.15) is 17.0 Å². The zero-order valence-electron chi connectivity index (χ0n) is 24.5. The summed E-state index contributed by atoms with van der Waals surface area (Å²) in [6.07, 6.45) is -6.48. The molecule has 2 fully saturated rings. The van der Waals surface area contributed by atoms with E-state index in [1.54, 1.807) is 0 Å². The number of aromatic amines is 1. The van der Waals surface area contributed by atoms with Crippen molar-refractivity contribution in [3.05, 3.63) is 65.0 Å². The summed E-state index contributed by atoms with van der Waals surface area (Å²) in [4.78, 5) is 29.3. The normalized spacial score (nSPS) is 16.3. The topological polar surface area (TPSA) is 131 Å². The van der Waals surface area contributed by atoms with E-state index in [0.717, 1.165) is 35.0 Å². The number of carbonyl (C=O) groups is 2. The van der Waals surface area contributed by atoms with E-state index >= 15 is 0 Å². The molecule has 0 atom stereocenters. The highest BCUT2D eigenvalue weighted by molar-refractivity contribution is 5.91. The predicted octanol–water partition coefficient (Wildman–Crippen LogP) is 4.81. The molecule has 250 valence electrons. The number of nitrogens with zero attached hydrogens (tertiary/aromatic N) is 6. The third-order valence-electron chi connectivity index (χ3n) is 8.29. The lowest BCUT2D eigenvalue weighted by Crippen LogP contribution is -2.54. The molecule has 1 saturated carbocycles. The highest BCUT2D eigenvalue weighted by atomic mass is 19.4. The summed E-state index contributed by atoms with van der Waals surface area (Å²) in [5, 5.41) is 19.3. The highest BCUT2D eigenvalue weighted by Gasteiger charge is 2.70. The van der Waals surface area contributed by atoms with Crippen molar-refractivity contribution < 1.29 is 45.1 Å². The van der Waals surface area contributed by atoms with Gasteiger partial charge in [0.25, 0.3) is 5.91 Å². The van der Waals surface area contributed by atoms with Crippen LogP contribution in [0.25, 0.3) is 11.0 Å². The number of nitrogens with one attached hydrogen (secondary N) is 2. The SMILES string of the molecule is O=C(NCc1cc(OC(F)(F)F)ccc1F)c1cn(CCCCc2cc3cc(C4CN(C(=O)C5(C(F)(F)F)CC5)C4)[nH]c3nn2)nn1. The van der Waals surface area contributed by atoms with Crippen molar-refractivity contribution >= 4 is 22.8 Å². The van der Waals surface area contributed by atoms with Crippen LogP contribution in [0.4, 0.5) is 30.7 Å². The molecule has 11 nitrogen and oxygen atoms in total. The average molecular weight is 669 g/mol. The number of amides is 2. The second-order valence-electron chi connectivity index (χ2n) is 11.7. The molecule has 1 saturated heterocycles. The van der Waals surface area contributed by atoms with E-state index in [9.17, 15) is 40.3 Å². The summed E-state index contributed by atoms with van der Waals surface area (Å²) in [7, 11) is 0. The van der Waals surface area contributed by atoms with E-state index in [-0.39, 0.29) is 43.1 Å². The minimum absolute atomic E-state index is 0.0565. The third-order valence-corrected chi connectivity index (χ3v) is 8.29. The molecule has 0 radical (unpaired) electrons. The van der Waals surface area contributed by atoms with Gasteiger partial charge in [-0.2, -0.15) is 18.3 Å². The molecule has 2 aliphatic rings. The number of aromatic nitrogens is 6. The molecule has 4 aromatic rings. The number of fused-ring (bicyclic) bond motifs is 1. The van der Waals surface area contributed by atoms with Crippen LogP contribution in [0, 0.1) is 11.2 Å². The number of rotatable bonds is 11. The lowest BCUT2D eigenvalue weighted by Gasteiger charge is -2.41. The van der Waals surface area contributed by atoms with Crippen LogP contribution in [-0.2, 0) is 24.3 Å². The molecule has 0 bridgehead atoms. The van der Waals surface area contributed by atoms with Gasteiger partial charge in [-0.1, -0.05) is 5.21 Å². The Morgan fingerprint density at radius 3 is 2.49 bits per heavy atom. The van der Waals surface area contributed by atoms with Gasteiger partial charge < -0.3 is 19.9 Å². The standard InChI is InChI=1S/C29H27F7N8O3/c30-21-5-4-20(47-29(34,35)36)10-17(21)12-37-25(45)23-15-44(42-40-23)8-2-1-3-19-9-16-11-22(38-24(16)41-39-19)18-13-43(14-18)26(46)27(6-7-27)28(31,32)33/h4-5,9-11,15,18H,1-3,6-8,12-14H2,(H,37,45)(H,38,41). The molecule has 2 N–H and O–H groups in total. The molecule has 18 heteroatoms. The quantitative estimate of drug-likeness (QED) is 0.173. The monoisotopic (exact) mass is 668 g/mol. The summed E-state index contributed by atoms with van der Waals surface area (Å²) in [6, 6.07) is 6.22. The number of H-pyrrole nitrogens is 1. The molecule has 6 rings (SSSR count). The van der Waals surface area contributed by atoms with E-state index in [0.29, 0.717) is 31.5 Å². The van der Waals surface area contributed by atoms with Crippen LogP contribution in [0.5, 0.6) is 5.75 Å². The number of unbranched alkanes of at least 4 members (excludes halogenated alkanes) is 1. The van der Waals surface area contributed by atoms with Crippen molar-refractivity contribution in [1.82, 2.24) is 40.4 Å². The number of benzene rings is 1. The summed E-state index contributed by atoms with van der Waals surface area (Å²) in [5.74, 6) is -3.08. The Balaban J connectivity index is 0.948. The van der Waals surface area contributed by atoms with Crippen LogP contribution >= 0.6 is 0 Å². The molecule has 1 aliphatic heterocycles. The number of carbonyl (C=O) groups excluding carboxylic acids is 2.